The molecule has 0 heterocycles. The fourth-order valence-corrected chi connectivity index (χ4v) is 1.83. The first kappa shape index (κ1) is 10.5. The maximum absolute atomic E-state index is 5.50. The molecule has 2 nitrogen and oxygen atoms in total. The Balaban J connectivity index is 2.98. The van der Waals surface area contributed by atoms with Crippen LogP contribution in [0.5, 0.6) is 5.75 Å². The molecule has 0 aliphatic carbocycles. The molecule has 0 aromatic heterocycles. The van der Waals surface area contributed by atoms with Crippen LogP contribution in [0.2, 0.25) is 0 Å². The number of hydrogen-bond donors (Lipinski definition) is 1. The lowest BCUT2D eigenvalue weighted by Gasteiger charge is -2.06. The fraction of sp³-hybridized carbons (Fsp3) is 0.222. The lowest BCUT2D eigenvalue weighted by atomic mass is 10.2. The van der Waals surface area contributed by atoms with Crippen LogP contribution in [-0.4, -0.2) is 11.6 Å². The van der Waals surface area contributed by atoms with Crippen LogP contribution in [0.4, 0.5) is 0 Å². The molecule has 13 heavy (non-hydrogen) atoms. The Labute approximate surface area is 91.2 Å². The van der Waals surface area contributed by atoms with Gasteiger partial charge in [0.1, 0.15) is 10.7 Å². The van der Waals surface area contributed by atoms with Crippen molar-refractivity contribution in [3.8, 4) is 5.75 Å². The van der Waals surface area contributed by atoms with Crippen molar-refractivity contribution in [3.63, 3.8) is 0 Å². The van der Waals surface area contributed by atoms with E-state index >= 15 is 0 Å². The van der Waals surface area contributed by atoms with E-state index in [1.165, 1.54) is 0 Å². The lowest BCUT2D eigenvalue weighted by molar-refractivity contribution is 0.340. The largest absolute Gasteiger partial charge is 0.494 e. The van der Waals surface area contributed by atoms with Gasteiger partial charge in [-0.1, -0.05) is 12.2 Å². The van der Waals surface area contributed by atoms with Crippen LogP contribution in [0.15, 0.2) is 22.7 Å². The first-order valence-corrected chi connectivity index (χ1v) is 5.07. The van der Waals surface area contributed by atoms with Gasteiger partial charge in [0.25, 0.3) is 0 Å². The van der Waals surface area contributed by atoms with Crippen molar-refractivity contribution in [2.24, 2.45) is 5.73 Å². The number of nitrogens with two attached hydrogens (primary N) is 1. The van der Waals surface area contributed by atoms with Crippen LogP contribution >= 0.6 is 28.1 Å². The normalized spacial score (nSPS) is 9.69. The van der Waals surface area contributed by atoms with E-state index in [9.17, 15) is 0 Å². The van der Waals surface area contributed by atoms with E-state index in [4.69, 9.17) is 22.7 Å². The Morgan fingerprint density at radius 2 is 2.31 bits per heavy atom. The maximum atomic E-state index is 5.50. The van der Waals surface area contributed by atoms with Gasteiger partial charge in [-0.15, -0.1) is 0 Å². The quantitative estimate of drug-likeness (QED) is 0.848. The fourth-order valence-electron chi connectivity index (χ4n) is 0.952. The highest BCUT2D eigenvalue weighted by Gasteiger charge is 2.03. The molecular formula is C9H10BrNOS. The standard InChI is InChI=1S/C9H10BrNOS/c1-2-12-6-3-4-7(9(11)13)8(10)5-6/h3-5H,2H2,1H3,(H2,11,13). The zero-order valence-corrected chi connectivity index (χ0v) is 9.61. The van der Waals surface area contributed by atoms with Gasteiger partial charge in [0, 0.05) is 10.0 Å². The molecule has 0 spiro atoms. The highest BCUT2D eigenvalue weighted by Crippen LogP contribution is 2.22. The smallest absolute Gasteiger partial charge is 0.120 e. The first-order valence-electron chi connectivity index (χ1n) is 3.87. The van der Waals surface area contributed by atoms with Gasteiger partial charge in [-0.05, 0) is 41.1 Å². The Morgan fingerprint density at radius 3 is 2.77 bits per heavy atom. The van der Waals surface area contributed by atoms with Gasteiger partial charge in [-0.3, -0.25) is 0 Å². The van der Waals surface area contributed by atoms with Crippen molar-refractivity contribution in [3.05, 3.63) is 28.2 Å². The Kier molecular flexibility index (Phi) is 3.69. The van der Waals surface area contributed by atoms with Crippen molar-refractivity contribution in [2.75, 3.05) is 6.61 Å². The maximum Gasteiger partial charge on any atom is 0.120 e. The monoisotopic (exact) mass is 259 g/mol. The molecular weight excluding hydrogens is 250 g/mol. The summed E-state index contributed by atoms with van der Waals surface area (Å²) in [4.78, 5) is 0.384. The third-order valence-corrected chi connectivity index (χ3v) is 2.39. The molecule has 70 valence electrons. The third-order valence-electron chi connectivity index (χ3n) is 1.52. The van der Waals surface area contributed by atoms with E-state index in [2.05, 4.69) is 15.9 Å². The van der Waals surface area contributed by atoms with Crippen molar-refractivity contribution in [1.29, 1.82) is 0 Å². The molecule has 1 aromatic rings. The summed E-state index contributed by atoms with van der Waals surface area (Å²) < 4.78 is 6.17. The molecule has 4 heteroatoms. The highest BCUT2D eigenvalue weighted by molar-refractivity contribution is 9.10. The van der Waals surface area contributed by atoms with Crippen molar-refractivity contribution < 1.29 is 4.74 Å². The molecule has 0 bridgehead atoms. The second kappa shape index (κ2) is 4.58. The van der Waals surface area contributed by atoms with E-state index in [-0.39, 0.29) is 0 Å². The first-order chi connectivity index (χ1) is 6.15. The molecule has 0 saturated heterocycles. The average Bonchev–Trinajstić information content (AvgIpc) is 2.04. The molecule has 0 amide bonds. The Bertz CT molecular complexity index is 327. The number of ether oxygens (including phenoxy) is 1. The second-order valence-electron chi connectivity index (χ2n) is 2.44. The summed E-state index contributed by atoms with van der Waals surface area (Å²) >= 11 is 8.23. The van der Waals surface area contributed by atoms with Crippen molar-refractivity contribution in [1.82, 2.24) is 0 Å². The van der Waals surface area contributed by atoms with Crippen molar-refractivity contribution >= 4 is 33.1 Å². The van der Waals surface area contributed by atoms with Gasteiger partial charge in [-0.25, -0.2) is 0 Å². The SMILES string of the molecule is CCOc1ccc(C(N)=S)c(Br)c1. The molecule has 0 aliphatic heterocycles. The van der Waals surface area contributed by atoms with Crippen LogP contribution in [0.1, 0.15) is 12.5 Å². The summed E-state index contributed by atoms with van der Waals surface area (Å²) in [6.07, 6.45) is 0. The minimum atomic E-state index is 0.384. The molecule has 0 radical (unpaired) electrons. The molecule has 2 N–H and O–H groups in total. The lowest BCUT2D eigenvalue weighted by Crippen LogP contribution is -2.10. The number of benzene rings is 1. The molecule has 0 unspecified atom stereocenters. The van der Waals surface area contributed by atoms with Crippen LogP contribution in [0, 0.1) is 0 Å². The predicted octanol–water partition coefficient (Wildman–Crippen LogP) is 2.48. The summed E-state index contributed by atoms with van der Waals surface area (Å²) in [6.45, 7) is 2.59. The molecule has 1 aromatic carbocycles. The Morgan fingerprint density at radius 1 is 1.62 bits per heavy atom. The van der Waals surface area contributed by atoms with Gasteiger partial charge < -0.3 is 10.5 Å². The van der Waals surface area contributed by atoms with Crippen LogP contribution in [-0.2, 0) is 0 Å². The molecule has 1 rings (SSSR count). The van der Waals surface area contributed by atoms with Gasteiger partial charge in [-0.2, -0.15) is 0 Å². The molecule has 0 atom stereocenters. The summed E-state index contributed by atoms with van der Waals surface area (Å²) in [5, 5.41) is 0. The summed E-state index contributed by atoms with van der Waals surface area (Å²) in [5.74, 6) is 0.814. The zero-order chi connectivity index (χ0) is 9.84. The Hall–Kier alpha value is -0.610. The summed E-state index contributed by atoms with van der Waals surface area (Å²) in [5.41, 5.74) is 6.33. The summed E-state index contributed by atoms with van der Waals surface area (Å²) in [6, 6.07) is 5.55. The second-order valence-corrected chi connectivity index (χ2v) is 3.73. The van der Waals surface area contributed by atoms with E-state index in [0.29, 0.717) is 11.6 Å². The zero-order valence-electron chi connectivity index (χ0n) is 7.21. The van der Waals surface area contributed by atoms with Gasteiger partial charge >= 0.3 is 0 Å². The molecule has 0 fully saturated rings. The van der Waals surface area contributed by atoms with Crippen molar-refractivity contribution in [2.45, 2.75) is 6.92 Å². The molecule has 0 aliphatic rings. The molecule has 0 saturated carbocycles. The number of rotatable bonds is 3. The topological polar surface area (TPSA) is 35.2 Å². The van der Waals surface area contributed by atoms with E-state index in [0.717, 1.165) is 15.8 Å². The number of thiocarbonyl (C=S) groups is 1. The van der Waals surface area contributed by atoms with Gasteiger partial charge in [0.2, 0.25) is 0 Å². The highest BCUT2D eigenvalue weighted by atomic mass is 79.9. The van der Waals surface area contributed by atoms with E-state index in [1.807, 2.05) is 25.1 Å². The third kappa shape index (κ3) is 2.67. The van der Waals surface area contributed by atoms with Gasteiger partial charge in [0.05, 0.1) is 6.61 Å². The van der Waals surface area contributed by atoms with E-state index < -0.39 is 0 Å². The van der Waals surface area contributed by atoms with Crippen LogP contribution in [0.3, 0.4) is 0 Å². The number of halogens is 1. The van der Waals surface area contributed by atoms with Gasteiger partial charge in [0.15, 0.2) is 0 Å². The van der Waals surface area contributed by atoms with E-state index in [1.54, 1.807) is 0 Å². The average molecular weight is 260 g/mol. The van der Waals surface area contributed by atoms with Crippen LogP contribution < -0.4 is 10.5 Å². The number of hydrogen-bond acceptors (Lipinski definition) is 2. The summed E-state index contributed by atoms with van der Waals surface area (Å²) in [7, 11) is 0. The minimum absolute atomic E-state index is 0.384. The van der Waals surface area contributed by atoms with Crippen LogP contribution in [0.25, 0.3) is 0 Å². The minimum Gasteiger partial charge on any atom is -0.494 e. The predicted molar refractivity (Wildman–Crippen MR) is 61.2 cm³/mol.